The first-order valence-corrected chi connectivity index (χ1v) is 6.56. The predicted octanol–water partition coefficient (Wildman–Crippen LogP) is 1.55. The third-order valence-electron chi connectivity index (χ3n) is 3.47. The van der Waals surface area contributed by atoms with Gasteiger partial charge in [0.15, 0.2) is 0 Å². The molecule has 2 N–H and O–H groups in total. The molecule has 6 nitrogen and oxygen atoms in total. The van der Waals surface area contributed by atoms with Crippen molar-refractivity contribution in [1.29, 1.82) is 0 Å². The second-order valence-electron chi connectivity index (χ2n) is 4.66. The normalized spacial score (nSPS) is 16.4. The van der Waals surface area contributed by atoms with E-state index >= 15 is 0 Å². The van der Waals surface area contributed by atoms with E-state index in [2.05, 4.69) is 5.32 Å². The summed E-state index contributed by atoms with van der Waals surface area (Å²) >= 11 is 0. The molecule has 104 valence electrons. The molecule has 0 spiro atoms. The fourth-order valence-corrected chi connectivity index (χ4v) is 2.50. The van der Waals surface area contributed by atoms with Gasteiger partial charge in [0, 0.05) is 31.9 Å². The summed E-state index contributed by atoms with van der Waals surface area (Å²) in [6.45, 7) is 3.84. The third kappa shape index (κ3) is 2.89. The maximum Gasteiger partial charge on any atom is 0.352 e. The Labute approximate surface area is 112 Å². The molecule has 0 atom stereocenters. The smallest absolute Gasteiger partial charge is 0.352 e. The lowest BCUT2D eigenvalue weighted by atomic mass is 10.0. The van der Waals surface area contributed by atoms with E-state index in [1.165, 1.54) is 0 Å². The zero-order chi connectivity index (χ0) is 13.8. The number of nitrogens with zero attached hydrogens (tertiary/aromatic N) is 2. The van der Waals surface area contributed by atoms with Gasteiger partial charge in [-0.05, 0) is 31.9 Å². The standard InChI is InChI=1S/C13H19N3O3/c1-2-14-13(19)15-8-5-10(6-9-15)16-7-3-4-11(16)12(17)18/h3-4,7,10H,2,5-6,8-9H2,1H3,(H,14,19)(H,17,18). The van der Waals surface area contributed by atoms with Crippen molar-refractivity contribution in [3.8, 4) is 0 Å². The number of carbonyl (C=O) groups excluding carboxylic acids is 1. The first kappa shape index (κ1) is 13.5. The molecule has 6 heteroatoms. The van der Waals surface area contributed by atoms with Crippen LogP contribution >= 0.6 is 0 Å². The lowest BCUT2D eigenvalue weighted by molar-refractivity contribution is 0.0678. The number of hydrogen-bond donors (Lipinski definition) is 2. The van der Waals surface area contributed by atoms with Crippen molar-refractivity contribution in [3.63, 3.8) is 0 Å². The van der Waals surface area contributed by atoms with E-state index in [4.69, 9.17) is 5.11 Å². The van der Waals surface area contributed by atoms with Crippen LogP contribution in [0, 0.1) is 0 Å². The highest BCUT2D eigenvalue weighted by atomic mass is 16.4. The minimum Gasteiger partial charge on any atom is -0.477 e. The summed E-state index contributed by atoms with van der Waals surface area (Å²) in [5.41, 5.74) is 0.316. The van der Waals surface area contributed by atoms with Crippen molar-refractivity contribution in [1.82, 2.24) is 14.8 Å². The number of piperidine rings is 1. The van der Waals surface area contributed by atoms with Crippen molar-refractivity contribution < 1.29 is 14.7 Å². The van der Waals surface area contributed by atoms with E-state index in [1.54, 1.807) is 27.8 Å². The number of carboxylic acid groups (broad SMARTS) is 1. The summed E-state index contributed by atoms with van der Waals surface area (Å²) in [5, 5.41) is 11.9. The molecule has 1 saturated heterocycles. The van der Waals surface area contributed by atoms with Gasteiger partial charge in [-0.2, -0.15) is 0 Å². The van der Waals surface area contributed by atoms with Crippen LogP contribution < -0.4 is 5.32 Å². The van der Waals surface area contributed by atoms with Crippen LogP contribution in [0.4, 0.5) is 4.79 Å². The zero-order valence-corrected chi connectivity index (χ0v) is 11.0. The molecule has 0 unspecified atom stereocenters. The third-order valence-corrected chi connectivity index (χ3v) is 3.47. The average molecular weight is 265 g/mol. The number of rotatable bonds is 3. The second-order valence-corrected chi connectivity index (χ2v) is 4.66. The van der Waals surface area contributed by atoms with Gasteiger partial charge in [0.25, 0.3) is 0 Å². The topological polar surface area (TPSA) is 74.6 Å². The minimum atomic E-state index is -0.906. The van der Waals surface area contributed by atoms with Gasteiger partial charge in [-0.15, -0.1) is 0 Å². The molecule has 1 aliphatic heterocycles. The zero-order valence-electron chi connectivity index (χ0n) is 11.0. The number of carboxylic acids is 1. The number of likely N-dealkylation sites (tertiary alicyclic amines) is 1. The van der Waals surface area contributed by atoms with Crippen molar-refractivity contribution in [2.24, 2.45) is 0 Å². The van der Waals surface area contributed by atoms with Gasteiger partial charge in [0.05, 0.1) is 0 Å². The summed E-state index contributed by atoms with van der Waals surface area (Å²) in [7, 11) is 0. The molecule has 2 amide bonds. The van der Waals surface area contributed by atoms with E-state index in [0.717, 1.165) is 12.8 Å². The largest absolute Gasteiger partial charge is 0.477 e. The number of carbonyl (C=O) groups is 2. The van der Waals surface area contributed by atoms with Gasteiger partial charge in [0.1, 0.15) is 5.69 Å². The number of hydrogen-bond acceptors (Lipinski definition) is 2. The molecular weight excluding hydrogens is 246 g/mol. The van der Waals surface area contributed by atoms with Crippen molar-refractivity contribution in [2.45, 2.75) is 25.8 Å². The van der Waals surface area contributed by atoms with Crippen LogP contribution in [0.5, 0.6) is 0 Å². The monoisotopic (exact) mass is 265 g/mol. The lowest BCUT2D eigenvalue weighted by Gasteiger charge is -2.33. The summed E-state index contributed by atoms with van der Waals surface area (Å²) in [6.07, 6.45) is 3.37. The van der Waals surface area contributed by atoms with E-state index in [-0.39, 0.29) is 12.1 Å². The van der Waals surface area contributed by atoms with Crippen LogP contribution in [-0.2, 0) is 0 Å². The molecule has 2 heterocycles. The molecular formula is C13H19N3O3. The Hall–Kier alpha value is -1.98. The predicted molar refractivity (Wildman–Crippen MR) is 70.3 cm³/mol. The Kier molecular flexibility index (Phi) is 4.09. The molecule has 0 aliphatic carbocycles. The number of amides is 2. The van der Waals surface area contributed by atoms with Crippen LogP contribution in [-0.4, -0.2) is 46.2 Å². The van der Waals surface area contributed by atoms with Gasteiger partial charge in [-0.1, -0.05) is 0 Å². The molecule has 1 aliphatic rings. The van der Waals surface area contributed by atoms with Crippen molar-refractivity contribution in [2.75, 3.05) is 19.6 Å². The molecule has 1 fully saturated rings. The average Bonchev–Trinajstić information content (AvgIpc) is 2.88. The van der Waals surface area contributed by atoms with Gasteiger partial charge in [-0.25, -0.2) is 9.59 Å². The van der Waals surface area contributed by atoms with E-state index in [9.17, 15) is 9.59 Å². The first-order valence-electron chi connectivity index (χ1n) is 6.56. The summed E-state index contributed by atoms with van der Waals surface area (Å²) < 4.78 is 1.80. The molecule has 2 rings (SSSR count). The summed E-state index contributed by atoms with van der Waals surface area (Å²) in [6, 6.07) is 3.48. The highest BCUT2D eigenvalue weighted by Gasteiger charge is 2.25. The molecule has 0 bridgehead atoms. The molecule has 1 aromatic rings. The van der Waals surface area contributed by atoms with Crippen molar-refractivity contribution >= 4 is 12.0 Å². The summed E-state index contributed by atoms with van der Waals surface area (Å²) in [4.78, 5) is 24.5. The maximum absolute atomic E-state index is 11.7. The van der Waals surface area contributed by atoms with Crippen LogP contribution in [0.15, 0.2) is 18.3 Å². The van der Waals surface area contributed by atoms with Crippen LogP contribution in [0.1, 0.15) is 36.3 Å². The van der Waals surface area contributed by atoms with Gasteiger partial charge in [-0.3, -0.25) is 0 Å². The molecule has 0 aromatic carbocycles. The Balaban J connectivity index is 1.98. The number of aromatic nitrogens is 1. The number of nitrogens with one attached hydrogen (secondary N) is 1. The molecule has 19 heavy (non-hydrogen) atoms. The van der Waals surface area contributed by atoms with Crippen LogP contribution in [0.25, 0.3) is 0 Å². The lowest BCUT2D eigenvalue weighted by Crippen LogP contribution is -2.44. The van der Waals surface area contributed by atoms with E-state index < -0.39 is 5.97 Å². The maximum atomic E-state index is 11.7. The van der Waals surface area contributed by atoms with Gasteiger partial charge < -0.3 is 19.9 Å². The van der Waals surface area contributed by atoms with Gasteiger partial charge in [0.2, 0.25) is 0 Å². The Morgan fingerprint density at radius 2 is 2.11 bits per heavy atom. The Bertz CT molecular complexity index is 461. The van der Waals surface area contributed by atoms with Crippen LogP contribution in [0.3, 0.4) is 0 Å². The second kappa shape index (κ2) is 5.77. The van der Waals surface area contributed by atoms with Crippen LogP contribution in [0.2, 0.25) is 0 Å². The number of urea groups is 1. The molecule has 0 radical (unpaired) electrons. The van der Waals surface area contributed by atoms with E-state index in [0.29, 0.717) is 25.3 Å². The highest BCUT2D eigenvalue weighted by molar-refractivity contribution is 5.85. The Morgan fingerprint density at radius 1 is 1.42 bits per heavy atom. The fraction of sp³-hybridized carbons (Fsp3) is 0.538. The first-order chi connectivity index (χ1) is 9.13. The summed E-state index contributed by atoms with van der Waals surface area (Å²) in [5.74, 6) is -0.906. The van der Waals surface area contributed by atoms with Crippen molar-refractivity contribution in [3.05, 3.63) is 24.0 Å². The SMILES string of the molecule is CCNC(=O)N1CCC(n2cccc2C(=O)O)CC1. The quantitative estimate of drug-likeness (QED) is 0.870. The Morgan fingerprint density at radius 3 is 2.68 bits per heavy atom. The number of aromatic carboxylic acids is 1. The highest BCUT2D eigenvalue weighted by Crippen LogP contribution is 2.24. The minimum absolute atomic E-state index is 0.0353. The molecule has 1 aromatic heterocycles. The fourth-order valence-electron chi connectivity index (χ4n) is 2.50. The van der Waals surface area contributed by atoms with E-state index in [1.807, 2.05) is 6.92 Å². The van der Waals surface area contributed by atoms with Gasteiger partial charge >= 0.3 is 12.0 Å². The molecule has 0 saturated carbocycles.